The number of rotatable bonds is 6. The molecule has 2 saturated heterocycles. The number of amides is 5. The molecule has 0 spiro atoms. The Morgan fingerprint density at radius 3 is 1.75 bits per heavy atom. The number of aliphatic carboxylic acids is 1. The molecule has 65 heavy (non-hydrogen) atoms. The minimum absolute atomic E-state index is 0.0817. The van der Waals surface area contributed by atoms with Crippen LogP contribution in [0.3, 0.4) is 0 Å². The number of pyridine rings is 2. The van der Waals surface area contributed by atoms with E-state index in [1.165, 1.54) is 60.9 Å². The van der Waals surface area contributed by atoms with E-state index in [1.54, 1.807) is 4.90 Å². The van der Waals surface area contributed by atoms with E-state index in [4.69, 9.17) is 27.4 Å². The highest BCUT2D eigenvalue weighted by atomic mass is 19.1. The number of carbonyl (C=O) groups excluding carboxylic acids is 5. The Kier molecular flexibility index (Phi) is 16.5. The average molecular weight is 898 g/mol. The van der Waals surface area contributed by atoms with Gasteiger partial charge in [-0.25, -0.2) is 4.79 Å². The fourth-order valence-corrected chi connectivity index (χ4v) is 8.10. The van der Waals surface area contributed by atoms with E-state index in [0.717, 1.165) is 60.8 Å². The lowest BCUT2D eigenvalue weighted by atomic mass is 9.89. The summed E-state index contributed by atoms with van der Waals surface area (Å²) >= 11 is 0. The van der Waals surface area contributed by atoms with Crippen LogP contribution in [0.5, 0.6) is 11.5 Å². The topological polar surface area (TPSA) is 258 Å². The summed E-state index contributed by atoms with van der Waals surface area (Å²) in [5.41, 5.74) is 15.8. The number of carboxylic acids is 1. The molecule has 8 N–H and O–H groups in total. The number of carbonyl (C=O) groups is 6. The van der Waals surface area contributed by atoms with Crippen molar-refractivity contribution in [1.29, 1.82) is 0 Å². The molecule has 2 aromatic carbocycles. The number of nitrogens with one attached hydrogen (secondary N) is 3. The van der Waals surface area contributed by atoms with Crippen molar-refractivity contribution in [3.8, 4) is 11.5 Å². The number of nitrogens with two attached hydrogens (primary N) is 2. The summed E-state index contributed by atoms with van der Waals surface area (Å²) in [6.07, 6.45) is 11.8. The van der Waals surface area contributed by atoms with E-state index < -0.39 is 42.7 Å². The van der Waals surface area contributed by atoms with Gasteiger partial charge in [-0.05, 0) is 110 Å². The quantitative estimate of drug-likeness (QED) is 0.135. The fraction of sp³-hybridized carbons (Fsp3) is 0.404. The molecule has 6 heterocycles. The number of piperidine rings is 2. The maximum absolute atomic E-state index is 13.1. The van der Waals surface area contributed by atoms with E-state index in [-0.39, 0.29) is 34.6 Å². The van der Waals surface area contributed by atoms with Crippen molar-refractivity contribution in [3.63, 3.8) is 0 Å². The number of fused-ring (bicyclic) bond motifs is 2. The highest BCUT2D eigenvalue weighted by Gasteiger charge is 2.35. The van der Waals surface area contributed by atoms with Crippen LogP contribution in [0.2, 0.25) is 0 Å². The molecule has 0 radical (unpaired) electrons. The lowest BCUT2D eigenvalue weighted by Gasteiger charge is -2.38. The second-order valence-electron chi connectivity index (χ2n) is 16.7. The molecule has 17 nitrogen and oxygen atoms in total. The largest absolute Gasteiger partial charge is 0.490 e. The van der Waals surface area contributed by atoms with Gasteiger partial charge in [0.25, 0.3) is 0 Å². The van der Waals surface area contributed by atoms with Crippen molar-refractivity contribution in [2.75, 3.05) is 30.9 Å². The summed E-state index contributed by atoms with van der Waals surface area (Å²) in [6, 6.07) is 15.8. The number of benzene rings is 2. The molecule has 5 amide bonds. The van der Waals surface area contributed by atoms with Gasteiger partial charge in [0.15, 0.2) is 0 Å². The third-order valence-corrected chi connectivity index (χ3v) is 11.3. The van der Waals surface area contributed by atoms with Crippen LogP contribution in [0.4, 0.5) is 15.8 Å². The van der Waals surface area contributed by atoms with Gasteiger partial charge in [-0.1, -0.05) is 32.0 Å². The number of aromatic nitrogens is 2. The number of primary amides is 2. The Balaban J connectivity index is 0.000000197. The Morgan fingerprint density at radius 2 is 1.25 bits per heavy atom. The zero-order valence-corrected chi connectivity index (χ0v) is 36.8. The fourth-order valence-electron chi connectivity index (χ4n) is 8.10. The van der Waals surface area contributed by atoms with Gasteiger partial charge < -0.3 is 46.9 Å². The minimum atomic E-state index is -1.63. The number of alkyl halides is 1. The lowest BCUT2D eigenvalue weighted by molar-refractivity contribution is -0.147. The zero-order chi connectivity index (χ0) is 48.1. The van der Waals surface area contributed by atoms with Gasteiger partial charge >= 0.3 is 23.7 Å². The molecule has 346 valence electrons. The van der Waals surface area contributed by atoms with E-state index in [0.29, 0.717) is 24.6 Å². The molecule has 3 unspecified atom stereocenters. The number of ether oxygens (including phenoxy) is 2. The van der Waals surface area contributed by atoms with Crippen molar-refractivity contribution < 1.29 is 49.1 Å². The number of halogens is 1. The Bertz CT molecular complexity index is 2400. The molecular formula is C47H57FN8O9. The van der Waals surface area contributed by atoms with E-state index in [9.17, 15) is 33.2 Å². The SMILES string of the molecule is CC1CCC(c2ccc3c(c2)CC(C)O3)NC1.C[C@@H]1CC[C@@H](c2ccc3c(c2)C[C@@H](C)O3)N(C(=O)C(=O)Nc2cncc(C(N)=O)c2)C1.NC(=O)c1cncc(NC(=O)C(=O)O)c1.[2H]CF. The van der Waals surface area contributed by atoms with Crippen molar-refractivity contribution in [2.45, 2.75) is 90.5 Å². The number of hydrogen-bond donors (Lipinski definition) is 6. The van der Waals surface area contributed by atoms with Gasteiger partial charge in [-0.3, -0.25) is 38.3 Å². The second-order valence-corrected chi connectivity index (χ2v) is 16.7. The van der Waals surface area contributed by atoms with Crippen molar-refractivity contribution in [3.05, 3.63) is 107 Å². The predicted molar refractivity (Wildman–Crippen MR) is 240 cm³/mol. The summed E-state index contributed by atoms with van der Waals surface area (Å²) < 4.78 is 27.0. The minimum Gasteiger partial charge on any atom is -0.490 e. The third-order valence-electron chi connectivity index (χ3n) is 11.3. The summed E-state index contributed by atoms with van der Waals surface area (Å²) in [6.45, 7) is 10.2. The van der Waals surface area contributed by atoms with Crippen LogP contribution in [-0.2, 0) is 32.0 Å². The summed E-state index contributed by atoms with van der Waals surface area (Å²) in [5.74, 6) is -2.48. The van der Waals surface area contributed by atoms with E-state index in [1.807, 2.05) is 24.4 Å². The molecule has 4 aromatic rings. The predicted octanol–water partition coefficient (Wildman–Crippen LogP) is 5.30. The lowest BCUT2D eigenvalue weighted by Crippen LogP contribution is -2.46. The highest BCUT2D eigenvalue weighted by molar-refractivity contribution is 6.39. The number of carboxylic acid groups (broad SMARTS) is 1. The Hall–Kier alpha value is -6.95. The molecule has 0 aliphatic carbocycles. The number of anilines is 2. The molecular weight excluding hydrogens is 840 g/mol. The first-order valence-electron chi connectivity index (χ1n) is 22.0. The van der Waals surface area contributed by atoms with Crippen LogP contribution in [-0.4, -0.2) is 87.9 Å². The molecule has 6 atom stereocenters. The van der Waals surface area contributed by atoms with Crippen molar-refractivity contribution in [1.82, 2.24) is 20.2 Å². The smallest absolute Gasteiger partial charge is 0.394 e. The van der Waals surface area contributed by atoms with Crippen molar-refractivity contribution in [2.24, 2.45) is 23.3 Å². The second kappa shape index (κ2) is 22.6. The van der Waals surface area contributed by atoms with Gasteiger partial charge in [-0.15, -0.1) is 0 Å². The maximum Gasteiger partial charge on any atom is 0.394 e. The molecule has 4 aliphatic heterocycles. The van der Waals surface area contributed by atoms with Gasteiger partial charge in [0, 0.05) is 37.8 Å². The average Bonchev–Trinajstić information content (AvgIpc) is 3.86. The molecule has 0 bridgehead atoms. The number of hydrogen-bond acceptors (Lipinski definition) is 11. The maximum atomic E-state index is 13.1. The first-order valence-corrected chi connectivity index (χ1v) is 21.3. The Labute approximate surface area is 378 Å². The van der Waals surface area contributed by atoms with Crippen LogP contribution in [0.1, 0.15) is 110 Å². The van der Waals surface area contributed by atoms with Gasteiger partial charge in [0.2, 0.25) is 11.8 Å². The summed E-state index contributed by atoms with van der Waals surface area (Å²) in [4.78, 5) is 78.0. The molecule has 2 aromatic heterocycles. The molecule has 4 aliphatic rings. The van der Waals surface area contributed by atoms with Gasteiger partial charge in [-0.2, -0.15) is 0 Å². The third kappa shape index (κ3) is 13.3. The van der Waals surface area contributed by atoms with Crippen molar-refractivity contribution >= 4 is 46.9 Å². The van der Waals surface area contributed by atoms with Gasteiger partial charge in [0.1, 0.15) is 23.7 Å². The molecule has 8 rings (SSSR count). The van der Waals surface area contributed by atoms with Crippen LogP contribution >= 0.6 is 0 Å². The van der Waals surface area contributed by atoms with Crippen LogP contribution in [0, 0.1) is 11.8 Å². The van der Waals surface area contributed by atoms with Crippen LogP contribution in [0.15, 0.2) is 73.3 Å². The highest BCUT2D eigenvalue weighted by Crippen LogP contribution is 2.38. The normalized spacial score (nSPS) is 21.5. The van der Waals surface area contributed by atoms with E-state index in [2.05, 4.69) is 65.6 Å². The molecule has 2 fully saturated rings. The van der Waals surface area contributed by atoms with Crippen LogP contribution in [0.25, 0.3) is 0 Å². The standard InChI is InChI=1S/C23H26N4O4.C15H21NO.C8H7N3O4.CH3F/c1-13-3-5-19(15-4-6-20-16(8-15)7-14(2)31-20)27(12-13)23(30)22(29)26-18-9-17(21(24)28)10-25-11-18;1-10-3-5-14(16-9-10)12-4-6-15-13(8-12)7-11(2)17-15;9-6(12)4-1-5(3-10-2-4)11-7(13)8(14)15;1-2/h4,6,8-11,13-14,19H,3,5,7,12H2,1-2H3,(H2,24,28)(H,26,29);4,6,8,10-11,14,16H,3,5,7,9H2,1-2H3;1-3H,(H2,9,12)(H,11,13)(H,14,15);1H3/t13-,14-,19+;;;/m1.../s1/i;;;1D. The first-order chi connectivity index (χ1) is 31.5. The molecule has 18 heteroatoms. The molecule has 0 saturated carbocycles. The monoisotopic (exact) mass is 897 g/mol. The number of likely N-dealkylation sites (tertiary alicyclic amines) is 1. The van der Waals surface area contributed by atoms with Crippen LogP contribution < -0.4 is 36.9 Å². The van der Waals surface area contributed by atoms with Gasteiger partial charge in [0.05, 0.1) is 49.5 Å². The summed E-state index contributed by atoms with van der Waals surface area (Å²) in [7, 11) is -1.00. The van der Waals surface area contributed by atoms with E-state index >= 15 is 0 Å². The Morgan fingerprint density at radius 1 is 0.738 bits per heavy atom. The number of nitrogens with zero attached hydrogens (tertiary/aromatic N) is 3. The first kappa shape index (κ1) is 47.5. The zero-order valence-electron chi connectivity index (χ0n) is 37.8. The summed E-state index contributed by atoms with van der Waals surface area (Å²) in [5, 5.41) is 16.5.